The number of carbonyl (C=O) groups is 1. The first-order valence-electron chi connectivity index (χ1n) is 8.57. The van der Waals surface area contributed by atoms with Crippen LogP contribution >= 0.6 is 11.6 Å². The van der Waals surface area contributed by atoms with Crippen LogP contribution < -0.4 is 9.64 Å². The SMILES string of the molecule is COc1ccc(CCC(=O)N2CCN(c3ccc(Cl)cc3)CC2)cc1. The minimum absolute atomic E-state index is 0.228. The van der Waals surface area contributed by atoms with E-state index in [0.29, 0.717) is 6.42 Å². The molecule has 0 radical (unpaired) electrons. The molecule has 1 amide bonds. The molecule has 25 heavy (non-hydrogen) atoms. The zero-order valence-corrected chi connectivity index (χ0v) is 15.2. The van der Waals surface area contributed by atoms with Crippen LogP contribution in [-0.4, -0.2) is 44.1 Å². The van der Waals surface area contributed by atoms with Crippen molar-refractivity contribution >= 4 is 23.2 Å². The smallest absolute Gasteiger partial charge is 0.223 e. The van der Waals surface area contributed by atoms with Crippen molar-refractivity contribution in [1.29, 1.82) is 0 Å². The predicted molar refractivity (Wildman–Crippen MR) is 102 cm³/mol. The van der Waals surface area contributed by atoms with Gasteiger partial charge >= 0.3 is 0 Å². The number of benzene rings is 2. The number of hydrogen-bond donors (Lipinski definition) is 0. The maximum Gasteiger partial charge on any atom is 0.223 e. The van der Waals surface area contributed by atoms with Crippen LogP contribution in [0.2, 0.25) is 5.02 Å². The predicted octanol–water partition coefficient (Wildman–Crippen LogP) is 3.63. The number of carbonyl (C=O) groups excluding carboxylic acids is 1. The van der Waals surface area contributed by atoms with Crippen LogP contribution in [0.1, 0.15) is 12.0 Å². The highest BCUT2D eigenvalue weighted by molar-refractivity contribution is 6.30. The fourth-order valence-electron chi connectivity index (χ4n) is 3.07. The molecule has 0 atom stereocenters. The number of anilines is 1. The van der Waals surface area contributed by atoms with Crippen molar-refractivity contribution in [3.63, 3.8) is 0 Å². The number of piperazine rings is 1. The Balaban J connectivity index is 1.47. The Morgan fingerprint density at radius 2 is 1.64 bits per heavy atom. The average molecular weight is 359 g/mol. The molecular formula is C20H23ClN2O2. The van der Waals surface area contributed by atoms with Gasteiger partial charge in [0.25, 0.3) is 0 Å². The Morgan fingerprint density at radius 3 is 2.24 bits per heavy atom. The number of aryl methyl sites for hydroxylation is 1. The summed E-state index contributed by atoms with van der Waals surface area (Å²) in [5, 5.41) is 0.746. The van der Waals surface area contributed by atoms with Crippen LogP contribution in [0.4, 0.5) is 5.69 Å². The number of hydrogen-bond acceptors (Lipinski definition) is 3. The molecule has 132 valence electrons. The third-order valence-corrected chi connectivity index (χ3v) is 4.86. The van der Waals surface area contributed by atoms with Gasteiger partial charge in [-0.2, -0.15) is 0 Å². The molecule has 0 aliphatic carbocycles. The lowest BCUT2D eigenvalue weighted by atomic mass is 10.1. The van der Waals surface area contributed by atoms with Gasteiger partial charge in [0.1, 0.15) is 5.75 Å². The highest BCUT2D eigenvalue weighted by Crippen LogP contribution is 2.20. The van der Waals surface area contributed by atoms with Gasteiger partial charge in [-0.3, -0.25) is 4.79 Å². The molecule has 2 aromatic carbocycles. The van der Waals surface area contributed by atoms with Crippen LogP contribution in [0.5, 0.6) is 5.75 Å². The normalized spacial score (nSPS) is 14.5. The summed E-state index contributed by atoms with van der Waals surface area (Å²) in [6.07, 6.45) is 1.31. The lowest BCUT2D eigenvalue weighted by Gasteiger charge is -2.36. The van der Waals surface area contributed by atoms with Crippen LogP contribution in [0.25, 0.3) is 0 Å². The highest BCUT2D eigenvalue weighted by Gasteiger charge is 2.21. The Labute approximate surface area is 154 Å². The third kappa shape index (κ3) is 4.67. The van der Waals surface area contributed by atoms with Crippen LogP contribution in [0.3, 0.4) is 0 Å². The molecule has 3 rings (SSSR count). The Kier molecular flexibility index (Phi) is 5.82. The molecule has 5 heteroatoms. The van der Waals surface area contributed by atoms with Crippen molar-refractivity contribution in [3.8, 4) is 5.75 Å². The van der Waals surface area contributed by atoms with Gasteiger partial charge in [0.05, 0.1) is 7.11 Å². The molecule has 1 fully saturated rings. The number of amides is 1. The van der Waals surface area contributed by atoms with Gasteiger partial charge in [0.2, 0.25) is 5.91 Å². The summed E-state index contributed by atoms with van der Waals surface area (Å²) >= 11 is 5.94. The molecule has 0 N–H and O–H groups in total. The van der Waals surface area contributed by atoms with E-state index in [1.807, 2.05) is 53.4 Å². The van der Waals surface area contributed by atoms with Crippen molar-refractivity contribution in [2.45, 2.75) is 12.8 Å². The van der Waals surface area contributed by atoms with Crippen molar-refractivity contribution in [2.75, 3.05) is 38.2 Å². The third-order valence-electron chi connectivity index (χ3n) is 4.61. The van der Waals surface area contributed by atoms with E-state index in [2.05, 4.69) is 4.90 Å². The van der Waals surface area contributed by atoms with Crippen molar-refractivity contribution < 1.29 is 9.53 Å². The second-order valence-electron chi connectivity index (χ2n) is 6.19. The number of nitrogens with zero attached hydrogens (tertiary/aromatic N) is 2. The van der Waals surface area contributed by atoms with E-state index in [9.17, 15) is 4.79 Å². The second kappa shape index (κ2) is 8.26. The largest absolute Gasteiger partial charge is 0.497 e. The summed E-state index contributed by atoms with van der Waals surface area (Å²) in [7, 11) is 1.65. The van der Waals surface area contributed by atoms with Crippen LogP contribution in [0.15, 0.2) is 48.5 Å². The number of methoxy groups -OCH3 is 1. The van der Waals surface area contributed by atoms with Gasteiger partial charge < -0.3 is 14.5 Å². The minimum Gasteiger partial charge on any atom is -0.497 e. The quantitative estimate of drug-likeness (QED) is 0.818. The zero-order chi connectivity index (χ0) is 17.6. The molecule has 0 unspecified atom stereocenters. The Bertz CT molecular complexity index is 693. The second-order valence-corrected chi connectivity index (χ2v) is 6.63. The molecule has 2 aromatic rings. The maximum atomic E-state index is 12.4. The van der Waals surface area contributed by atoms with Crippen LogP contribution in [0, 0.1) is 0 Å². The summed E-state index contributed by atoms with van der Waals surface area (Å²) in [5.74, 6) is 1.07. The average Bonchev–Trinajstić information content (AvgIpc) is 2.67. The molecule has 1 aliphatic heterocycles. The van der Waals surface area contributed by atoms with E-state index < -0.39 is 0 Å². The van der Waals surface area contributed by atoms with Crippen molar-refractivity contribution in [1.82, 2.24) is 4.90 Å². The molecule has 1 aliphatic rings. The fraction of sp³-hybridized carbons (Fsp3) is 0.350. The molecule has 1 heterocycles. The Morgan fingerprint density at radius 1 is 1.00 bits per heavy atom. The summed E-state index contributed by atoms with van der Waals surface area (Å²) in [5.41, 5.74) is 2.32. The molecular weight excluding hydrogens is 336 g/mol. The molecule has 4 nitrogen and oxygen atoms in total. The van der Waals surface area contributed by atoms with E-state index in [1.165, 1.54) is 0 Å². The highest BCUT2D eigenvalue weighted by atomic mass is 35.5. The maximum absolute atomic E-state index is 12.4. The summed E-state index contributed by atoms with van der Waals surface area (Å²) < 4.78 is 5.16. The van der Waals surface area contributed by atoms with E-state index in [4.69, 9.17) is 16.3 Å². The van der Waals surface area contributed by atoms with E-state index in [1.54, 1.807) is 7.11 Å². The minimum atomic E-state index is 0.228. The first-order valence-corrected chi connectivity index (χ1v) is 8.95. The van der Waals surface area contributed by atoms with E-state index >= 15 is 0 Å². The molecule has 0 aromatic heterocycles. The number of rotatable bonds is 5. The fourth-order valence-corrected chi connectivity index (χ4v) is 3.19. The van der Waals surface area contributed by atoms with Gasteiger partial charge in [-0.05, 0) is 48.4 Å². The Hall–Kier alpha value is -2.20. The van der Waals surface area contributed by atoms with E-state index in [-0.39, 0.29) is 5.91 Å². The zero-order valence-electron chi connectivity index (χ0n) is 14.5. The summed E-state index contributed by atoms with van der Waals surface area (Å²) in [6.45, 7) is 3.25. The monoisotopic (exact) mass is 358 g/mol. The van der Waals surface area contributed by atoms with Gasteiger partial charge in [0, 0.05) is 43.3 Å². The number of ether oxygens (including phenoxy) is 1. The topological polar surface area (TPSA) is 32.8 Å². The molecule has 0 saturated carbocycles. The van der Waals surface area contributed by atoms with Gasteiger partial charge in [0.15, 0.2) is 0 Å². The van der Waals surface area contributed by atoms with Crippen LogP contribution in [-0.2, 0) is 11.2 Å². The van der Waals surface area contributed by atoms with Gasteiger partial charge in [-0.25, -0.2) is 0 Å². The molecule has 0 bridgehead atoms. The van der Waals surface area contributed by atoms with Crippen molar-refractivity contribution in [3.05, 3.63) is 59.1 Å². The van der Waals surface area contributed by atoms with E-state index in [0.717, 1.165) is 54.6 Å². The standard InChI is InChI=1S/C20H23ClN2O2/c1-25-19-9-2-16(3-10-19)4-11-20(24)23-14-12-22(13-15-23)18-7-5-17(21)6-8-18/h2-3,5-10H,4,11-15H2,1H3. The summed E-state index contributed by atoms with van der Waals surface area (Å²) in [4.78, 5) is 16.7. The first kappa shape index (κ1) is 17.6. The molecule has 1 saturated heterocycles. The number of halogens is 1. The lowest BCUT2D eigenvalue weighted by Crippen LogP contribution is -2.48. The lowest BCUT2D eigenvalue weighted by molar-refractivity contribution is -0.131. The van der Waals surface area contributed by atoms with Gasteiger partial charge in [-0.1, -0.05) is 23.7 Å². The summed E-state index contributed by atoms with van der Waals surface area (Å²) in [6, 6.07) is 15.8. The van der Waals surface area contributed by atoms with Gasteiger partial charge in [-0.15, -0.1) is 0 Å². The molecule has 0 spiro atoms. The van der Waals surface area contributed by atoms with Crippen molar-refractivity contribution in [2.24, 2.45) is 0 Å². The first-order chi connectivity index (χ1) is 12.2.